The summed E-state index contributed by atoms with van der Waals surface area (Å²) >= 11 is 6.05. The van der Waals surface area contributed by atoms with Crippen molar-refractivity contribution in [2.24, 2.45) is 0 Å². The van der Waals surface area contributed by atoms with Gasteiger partial charge in [0.1, 0.15) is 16.5 Å². The van der Waals surface area contributed by atoms with Gasteiger partial charge in [0.15, 0.2) is 0 Å². The topological polar surface area (TPSA) is 37.4 Å². The smallest absolute Gasteiger partial charge is 0.266 e. The summed E-state index contributed by atoms with van der Waals surface area (Å²) in [6.45, 7) is 0. The second-order valence-electron chi connectivity index (χ2n) is 4.12. The van der Waals surface area contributed by atoms with Crippen molar-refractivity contribution >= 4 is 47.6 Å². The maximum atomic E-state index is 13.8. The molecule has 0 fully saturated rings. The van der Waals surface area contributed by atoms with Crippen LogP contribution in [0.4, 0.5) is 14.5 Å². The van der Waals surface area contributed by atoms with Crippen molar-refractivity contribution in [3.63, 3.8) is 0 Å². The van der Waals surface area contributed by atoms with Crippen LogP contribution in [0.3, 0.4) is 0 Å². The Labute approximate surface area is 137 Å². The lowest BCUT2D eigenvalue weighted by Gasteiger charge is -2.21. The van der Waals surface area contributed by atoms with Gasteiger partial charge in [-0.25, -0.2) is 17.2 Å². The average molecular weight is 441 g/mol. The Bertz CT molecular complexity index is 774. The SMILES string of the molecule is CN(c1ccccc1F)S(=O)(=O)c1c(Br)cc(F)cc1Br. The van der Waals surface area contributed by atoms with E-state index in [1.54, 1.807) is 0 Å². The lowest BCUT2D eigenvalue weighted by Crippen LogP contribution is -2.28. The van der Waals surface area contributed by atoms with Crippen LogP contribution in [0.25, 0.3) is 0 Å². The highest BCUT2D eigenvalue weighted by Gasteiger charge is 2.28. The van der Waals surface area contributed by atoms with Crippen LogP contribution in [0.1, 0.15) is 0 Å². The first kappa shape index (κ1) is 16.4. The van der Waals surface area contributed by atoms with Crippen molar-refractivity contribution in [3.05, 3.63) is 57.0 Å². The van der Waals surface area contributed by atoms with E-state index < -0.39 is 21.7 Å². The molecule has 112 valence electrons. The zero-order chi connectivity index (χ0) is 15.8. The fraction of sp³-hybridized carbons (Fsp3) is 0.0769. The predicted octanol–water partition coefficient (Wildman–Crippen LogP) is 4.31. The van der Waals surface area contributed by atoms with Gasteiger partial charge in [-0.05, 0) is 56.1 Å². The van der Waals surface area contributed by atoms with E-state index in [2.05, 4.69) is 31.9 Å². The maximum absolute atomic E-state index is 13.8. The minimum absolute atomic E-state index is 0.0533. The number of hydrogen-bond acceptors (Lipinski definition) is 2. The number of anilines is 1. The van der Waals surface area contributed by atoms with Gasteiger partial charge in [-0.1, -0.05) is 12.1 Å². The summed E-state index contributed by atoms with van der Waals surface area (Å²) in [6.07, 6.45) is 0. The highest BCUT2D eigenvalue weighted by Crippen LogP contribution is 2.34. The molecule has 2 aromatic rings. The van der Waals surface area contributed by atoms with Crippen LogP contribution in [0, 0.1) is 11.6 Å². The van der Waals surface area contributed by atoms with Crippen molar-refractivity contribution in [1.29, 1.82) is 0 Å². The summed E-state index contributed by atoms with van der Waals surface area (Å²) in [4.78, 5) is -0.172. The van der Waals surface area contributed by atoms with Gasteiger partial charge in [-0.3, -0.25) is 4.31 Å². The number of nitrogens with zero attached hydrogens (tertiary/aromatic N) is 1. The Morgan fingerprint density at radius 3 is 2.10 bits per heavy atom. The summed E-state index contributed by atoms with van der Waals surface area (Å²) in [5, 5.41) is 0. The van der Waals surface area contributed by atoms with Gasteiger partial charge >= 0.3 is 0 Å². The molecule has 0 amide bonds. The summed E-state index contributed by atoms with van der Waals surface area (Å²) in [7, 11) is -2.83. The molecule has 0 aliphatic carbocycles. The fourth-order valence-electron chi connectivity index (χ4n) is 1.75. The van der Waals surface area contributed by atoms with Crippen LogP contribution in [0.15, 0.2) is 50.2 Å². The molecule has 0 unspecified atom stereocenters. The Morgan fingerprint density at radius 2 is 1.57 bits per heavy atom. The van der Waals surface area contributed by atoms with Crippen molar-refractivity contribution in [3.8, 4) is 0 Å². The minimum atomic E-state index is -4.06. The van der Waals surface area contributed by atoms with E-state index in [0.29, 0.717) is 0 Å². The monoisotopic (exact) mass is 439 g/mol. The largest absolute Gasteiger partial charge is 0.266 e. The first-order valence-electron chi connectivity index (χ1n) is 5.63. The molecule has 0 N–H and O–H groups in total. The molecule has 0 bridgehead atoms. The van der Waals surface area contributed by atoms with Crippen molar-refractivity contribution < 1.29 is 17.2 Å². The van der Waals surface area contributed by atoms with Crippen LogP contribution < -0.4 is 4.31 Å². The zero-order valence-electron chi connectivity index (χ0n) is 10.6. The Kier molecular flexibility index (Phi) is 4.69. The van der Waals surface area contributed by atoms with Gasteiger partial charge in [0.25, 0.3) is 10.0 Å². The molecular weight excluding hydrogens is 432 g/mol. The summed E-state index contributed by atoms with van der Waals surface area (Å²) in [5.74, 6) is -1.26. The highest BCUT2D eigenvalue weighted by molar-refractivity contribution is 9.11. The van der Waals surface area contributed by atoms with Gasteiger partial charge in [0, 0.05) is 16.0 Å². The predicted molar refractivity (Wildman–Crippen MR) is 83.8 cm³/mol. The molecule has 21 heavy (non-hydrogen) atoms. The second kappa shape index (κ2) is 6.02. The quantitative estimate of drug-likeness (QED) is 0.712. The first-order chi connectivity index (χ1) is 9.75. The number of hydrogen-bond donors (Lipinski definition) is 0. The molecule has 0 heterocycles. The van der Waals surface area contributed by atoms with E-state index in [-0.39, 0.29) is 19.5 Å². The molecule has 0 saturated heterocycles. The average Bonchev–Trinajstić information content (AvgIpc) is 2.36. The zero-order valence-corrected chi connectivity index (χ0v) is 14.6. The standard InChI is InChI=1S/C13H9Br2F2NO2S/c1-18(12-5-3-2-4-11(12)17)21(19,20)13-9(14)6-8(16)7-10(13)15/h2-7H,1H3. The third-order valence-electron chi connectivity index (χ3n) is 2.77. The molecule has 2 rings (SSSR count). The van der Waals surface area contributed by atoms with E-state index in [0.717, 1.165) is 22.5 Å². The van der Waals surface area contributed by atoms with Crippen LogP contribution in [-0.2, 0) is 10.0 Å². The molecule has 8 heteroatoms. The van der Waals surface area contributed by atoms with E-state index in [9.17, 15) is 17.2 Å². The third kappa shape index (κ3) is 3.12. The van der Waals surface area contributed by atoms with E-state index in [1.165, 1.54) is 25.2 Å². The van der Waals surface area contributed by atoms with E-state index in [4.69, 9.17) is 0 Å². The Morgan fingerprint density at radius 1 is 1.05 bits per heavy atom. The Hall–Kier alpha value is -0.990. The third-order valence-corrected chi connectivity index (χ3v) is 6.42. The second-order valence-corrected chi connectivity index (χ2v) is 7.74. The number of sulfonamides is 1. The highest BCUT2D eigenvalue weighted by atomic mass is 79.9. The van der Waals surface area contributed by atoms with E-state index in [1.807, 2.05) is 0 Å². The van der Waals surface area contributed by atoms with Crippen molar-refractivity contribution in [2.75, 3.05) is 11.4 Å². The number of para-hydroxylation sites is 1. The van der Waals surface area contributed by atoms with Crippen LogP contribution in [0.2, 0.25) is 0 Å². The van der Waals surface area contributed by atoms with Gasteiger partial charge in [0.2, 0.25) is 0 Å². The number of halogens is 4. The van der Waals surface area contributed by atoms with E-state index >= 15 is 0 Å². The molecule has 2 aromatic carbocycles. The lowest BCUT2D eigenvalue weighted by atomic mass is 10.3. The molecule has 3 nitrogen and oxygen atoms in total. The van der Waals surface area contributed by atoms with Gasteiger partial charge < -0.3 is 0 Å². The summed E-state index contributed by atoms with van der Waals surface area (Å²) < 4.78 is 53.2. The Balaban J connectivity index is 2.61. The van der Waals surface area contributed by atoms with Crippen LogP contribution >= 0.6 is 31.9 Å². The summed E-state index contributed by atoms with van der Waals surface area (Å²) in [5.41, 5.74) is -0.0966. The van der Waals surface area contributed by atoms with Crippen molar-refractivity contribution in [2.45, 2.75) is 4.90 Å². The normalized spacial score (nSPS) is 11.5. The molecule has 0 saturated carbocycles. The van der Waals surface area contributed by atoms with Crippen molar-refractivity contribution in [1.82, 2.24) is 0 Å². The lowest BCUT2D eigenvalue weighted by molar-refractivity contribution is 0.587. The molecule has 0 radical (unpaired) electrons. The fourth-order valence-corrected chi connectivity index (χ4v) is 5.40. The van der Waals surface area contributed by atoms with Crippen LogP contribution in [0.5, 0.6) is 0 Å². The van der Waals surface area contributed by atoms with Crippen LogP contribution in [-0.4, -0.2) is 15.5 Å². The molecule has 0 aliphatic heterocycles. The van der Waals surface area contributed by atoms with Gasteiger partial charge in [0.05, 0.1) is 5.69 Å². The molecule has 0 atom stereocenters. The first-order valence-corrected chi connectivity index (χ1v) is 8.65. The molecule has 0 aliphatic rings. The number of rotatable bonds is 3. The van der Waals surface area contributed by atoms with Gasteiger partial charge in [-0.2, -0.15) is 0 Å². The molecular formula is C13H9Br2F2NO2S. The maximum Gasteiger partial charge on any atom is 0.266 e. The van der Waals surface area contributed by atoms with Gasteiger partial charge in [-0.15, -0.1) is 0 Å². The molecule has 0 aromatic heterocycles. The minimum Gasteiger partial charge on any atom is -0.266 e. The number of benzene rings is 2. The summed E-state index contributed by atoms with van der Waals surface area (Å²) in [6, 6.07) is 7.57. The molecule has 0 spiro atoms.